The highest BCUT2D eigenvalue weighted by Gasteiger charge is 2.38. The first kappa shape index (κ1) is 26.6. The van der Waals surface area contributed by atoms with Crippen molar-refractivity contribution >= 4 is 11.6 Å². The number of carbonyl (C=O) groups is 1. The molecule has 14 heteroatoms. The molecule has 0 atom stereocenters. The number of nitrogens with zero attached hydrogens (tertiary/aromatic N) is 4. The summed E-state index contributed by atoms with van der Waals surface area (Å²) in [5, 5.41) is 17.1. The minimum atomic E-state index is -5.17. The maximum Gasteiger partial charge on any atom is 0.416 e. The topological polar surface area (TPSA) is 92.4 Å². The molecule has 7 nitrogen and oxygen atoms in total. The summed E-state index contributed by atoms with van der Waals surface area (Å²) in [6.45, 7) is -0.474. The van der Waals surface area contributed by atoms with E-state index in [9.17, 15) is 40.6 Å². The summed E-state index contributed by atoms with van der Waals surface area (Å²) in [4.78, 5) is 17.9. The molecule has 0 unspecified atom stereocenters. The van der Waals surface area contributed by atoms with Crippen LogP contribution in [0.2, 0.25) is 0 Å². The molecule has 0 aliphatic heterocycles. The molecule has 1 amide bonds. The van der Waals surface area contributed by atoms with Gasteiger partial charge in [0.1, 0.15) is 18.1 Å². The van der Waals surface area contributed by atoms with Gasteiger partial charge in [-0.25, -0.2) is 9.37 Å². The van der Waals surface area contributed by atoms with E-state index in [4.69, 9.17) is 4.42 Å². The van der Waals surface area contributed by atoms with Crippen molar-refractivity contribution in [1.29, 1.82) is 0 Å². The lowest BCUT2D eigenvalue weighted by molar-refractivity contribution is -0.143. The summed E-state index contributed by atoms with van der Waals surface area (Å²) < 4.78 is 98.7. The van der Waals surface area contributed by atoms with Crippen LogP contribution in [0.5, 0.6) is 5.88 Å². The Hall–Kier alpha value is -4.49. The summed E-state index contributed by atoms with van der Waals surface area (Å²) in [6, 6.07) is 9.55. The molecule has 0 bridgehead atoms. The van der Waals surface area contributed by atoms with Crippen LogP contribution in [-0.2, 0) is 30.1 Å². The number of carbonyl (C=O) groups excluding carboxylic acids is 1. The van der Waals surface area contributed by atoms with Gasteiger partial charge < -0.3 is 14.4 Å². The van der Waals surface area contributed by atoms with Gasteiger partial charge in [0.15, 0.2) is 0 Å². The Labute approximate surface area is 209 Å². The first-order valence-electron chi connectivity index (χ1n) is 10.6. The standard InChI is InChI=1S/C24H15F7N4O3/c25-15-6-8-16(9-7-15)35(12-20-33-34-22(38-20)18-2-1-3-19(36)32-18)21(37)10-13-4-5-14(23(26,27)28)11-17(13)24(29,30)31/h1-9,11H,10,12H2,(H,32,36). The quantitative estimate of drug-likeness (QED) is 0.312. The minimum Gasteiger partial charge on any atom is -0.493 e. The van der Waals surface area contributed by atoms with Gasteiger partial charge in [-0.3, -0.25) is 4.79 Å². The second kappa shape index (κ2) is 10.1. The molecule has 0 spiro atoms. The lowest BCUT2D eigenvalue weighted by Crippen LogP contribution is -2.32. The smallest absolute Gasteiger partial charge is 0.416 e. The molecule has 1 N–H and O–H groups in total. The molecule has 4 rings (SSSR count). The maximum absolute atomic E-state index is 13.6. The number of aromatic nitrogens is 3. The number of halogens is 7. The lowest BCUT2D eigenvalue weighted by Gasteiger charge is -2.23. The zero-order valence-electron chi connectivity index (χ0n) is 18.9. The molecular formula is C24H15F7N4O3. The Balaban J connectivity index is 1.67. The van der Waals surface area contributed by atoms with Crippen LogP contribution >= 0.6 is 0 Å². The van der Waals surface area contributed by atoms with Crippen LogP contribution in [0.1, 0.15) is 22.6 Å². The number of hydrogen-bond acceptors (Lipinski definition) is 6. The monoisotopic (exact) mass is 540 g/mol. The van der Waals surface area contributed by atoms with E-state index in [0.29, 0.717) is 12.1 Å². The van der Waals surface area contributed by atoms with Crippen LogP contribution in [0.15, 0.2) is 65.1 Å². The van der Waals surface area contributed by atoms with Crippen molar-refractivity contribution in [2.45, 2.75) is 25.3 Å². The van der Waals surface area contributed by atoms with E-state index in [-0.39, 0.29) is 35.1 Å². The van der Waals surface area contributed by atoms with Gasteiger partial charge in [-0.1, -0.05) is 12.1 Å². The first-order valence-corrected chi connectivity index (χ1v) is 10.6. The van der Waals surface area contributed by atoms with Crippen LogP contribution in [0.3, 0.4) is 0 Å². The van der Waals surface area contributed by atoms with E-state index in [1.54, 1.807) is 0 Å². The van der Waals surface area contributed by atoms with E-state index in [1.807, 2.05) is 0 Å². The van der Waals surface area contributed by atoms with Gasteiger partial charge in [-0.2, -0.15) is 26.3 Å². The zero-order valence-corrected chi connectivity index (χ0v) is 18.9. The molecule has 2 aromatic heterocycles. The predicted octanol–water partition coefficient (Wildman–Crippen LogP) is 5.79. The van der Waals surface area contributed by atoms with Gasteiger partial charge in [-0.15, -0.1) is 10.2 Å². The fourth-order valence-corrected chi connectivity index (χ4v) is 3.47. The third-order valence-corrected chi connectivity index (χ3v) is 5.24. The van der Waals surface area contributed by atoms with Gasteiger partial charge in [0, 0.05) is 11.8 Å². The van der Waals surface area contributed by atoms with Gasteiger partial charge in [-0.05, 0) is 48.0 Å². The van der Waals surface area contributed by atoms with Crippen LogP contribution in [0.25, 0.3) is 11.6 Å². The van der Waals surface area contributed by atoms with E-state index in [1.165, 1.54) is 30.3 Å². The third-order valence-electron chi connectivity index (χ3n) is 5.24. The van der Waals surface area contributed by atoms with E-state index >= 15 is 0 Å². The second-order valence-electron chi connectivity index (χ2n) is 7.88. The number of aromatic hydroxyl groups is 1. The number of rotatable bonds is 6. The number of amides is 1. The van der Waals surface area contributed by atoms with Crippen LogP contribution in [0, 0.1) is 5.82 Å². The summed E-state index contributed by atoms with van der Waals surface area (Å²) in [6.07, 6.45) is -11.1. The van der Waals surface area contributed by atoms with E-state index < -0.39 is 53.7 Å². The Bertz CT molecular complexity index is 1450. The average Bonchev–Trinajstić information content (AvgIpc) is 3.31. The molecule has 0 saturated carbocycles. The number of anilines is 1. The summed E-state index contributed by atoms with van der Waals surface area (Å²) in [5.74, 6) is -2.28. The molecule has 4 aromatic rings. The third kappa shape index (κ3) is 6.07. The molecule has 0 aliphatic rings. The highest BCUT2D eigenvalue weighted by Crippen LogP contribution is 2.38. The summed E-state index contributed by atoms with van der Waals surface area (Å²) in [5.41, 5.74) is -3.68. The van der Waals surface area contributed by atoms with Gasteiger partial charge in [0.05, 0.1) is 17.5 Å². The largest absolute Gasteiger partial charge is 0.493 e. The molecule has 0 saturated heterocycles. The van der Waals surface area contributed by atoms with Crippen LogP contribution in [0.4, 0.5) is 36.4 Å². The van der Waals surface area contributed by atoms with Crippen molar-refractivity contribution in [2.24, 2.45) is 0 Å². The molecule has 0 fully saturated rings. The number of benzene rings is 2. The summed E-state index contributed by atoms with van der Waals surface area (Å²) >= 11 is 0. The van der Waals surface area contributed by atoms with E-state index in [0.717, 1.165) is 17.0 Å². The van der Waals surface area contributed by atoms with Gasteiger partial charge in [0.25, 0.3) is 5.89 Å². The van der Waals surface area contributed by atoms with Gasteiger partial charge >= 0.3 is 12.4 Å². The number of hydrogen-bond donors (Lipinski definition) is 1. The molecule has 198 valence electrons. The fourth-order valence-electron chi connectivity index (χ4n) is 3.47. The van der Waals surface area contributed by atoms with Crippen LogP contribution < -0.4 is 4.90 Å². The molecule has 38 heavy (non-hydrogen) atoms. The Morgan fingerprint density at radius 1 is 0.921 bits per heavy atom. The van der Waals surface area contributed by atoms with Crippen molar-refractivity contribution in [1.82, 2.24) is 15.2 Å². The molecular weight excluding hydrogens is 525 g/mol. The van der Waals surface area contributed by atoms with Crippen molar-refractivity contribution < 1.29 is 45.1 Å². The van der Waals surface area contributed by atoms with E-state index in [2.05, 4.69) is 15.2 Å². The van der Waals surface area contributed by atoms with Crippen LogP contribution in [-0.4, -0.2) is 26.2 Å². The SMILES string of the molecule is O=C(Cc1ccc(C(F)(F)F)cc1C(F)(F)F)N(Cc1nnc(-c2cccc(O)n2)o1)c1ccc(F)cc1. The minimum absolute atomic E-state index is 0.0482. The Morgan fingerprint density at radius 2 is 1.63 bits per heavy atom. The second-order valence-corrected chi connectivity index (χ2v) is 7.88. The highest BCUT2D eigenvalue weighted by molar-refractivity contribution is 5.94. The Kier molecular flexibility index (Phi) is 7.07. The molecule has 2 aromatic carbocycles. The van der Waals surface area contributed by atoms with Crippen molar-refractivity contribution in [3.63, 3.8) is 0 Å². The number of pyridine rings is 1. The normalized spacial score (nSPS) is 12.0. The Morgan fingerprint density at radius 3 is 2.26 bits per heavy atom. The van der Waals surface area contributed by atoms with Crippen molar-refractivity contribution in [2.75, 3.05) is 4.90 Å². The maximum atomic E-state index is 13.6. The molecule has 0 radical (unpaired) electrons. The van der Waals surface area contributed by atoms with Crippen molar-refractivity contribution in [3.05, 3.63) is 89.1 Å². The first-order chi connectivity index (χ1) is 17.8. The van der Waals surface area contributed by atoms with Gasteiger partial charge in [0.2, 0.25) is 17.7 Å². The molecule has 2 heterocycles. The average molecular weight is 540 g/mol. The lowest BCUT2D eigenvalue weighted by atomic mass is 10.00. The molecule has 0 aliphatic carbocycles. The zero-order chi connectivity index (χ0) is 27.7. The number of alkyl halides is 6. The predicted molar refractivity (Wildman–Crippen MR) is 117 cm³/mol. The van der Waals surface area contributed by atoms with Crippen molar-refractivity contribution in [3.8, 4) is 17.5 Å². The highest BCUT2D eigenvalue weighted by atomic mass is 19.4. The fraction of sp³-hybridized carbons (Fsp3) is 0.167. The summed E-state index contributed by atoms with van der Waals surface area (Å²) in [7, 11) is 0.